The molecule has 5 rings (SSSR count). The number of thioether (sulfide) groups is 1. The number of carbonyl (C=O) groups excluding carboxylic acids is 2. The van der Waals surface area contributed by atoms with Gasteiger partial charge < -0.3 is 14.5 Å². The molecule has 0 saturated carbocycles. The molecule has 0 unspecified atom stereocenters. The van der Waals surface area contributed by atoms with E-state index < -0.39 is 0 Å². The molecule has 1 saturated heterocycles. The fraction of sp³-hybridized carbons (Fsp3) is 0.391. The number of ether oxygens (including phenoxy) is 1. The molecule has 7 nitrogen and oxygen atoms in total. The van der Waals surface area contributed by atoms with Gasteiger partial charge in [0.2, 0.25) is 0 Å². The molecule has 2 aliphatic rings. The molecule has 0 spiro atoms. The molecule has 3 aromatic rings. The number of hydrogen-bond donors (Lipinski definition) is 1. The minimum atomic E-state index is 0.0302. The fourth-order valence-electron chi connectivity index (χ4n) is 3.64. The van der Waals surface area contributed by atoms with Crippen LogP contribution in [0.4, 0.5) is 5.13 Å². The van der Waals surface area contributed by atoms with Gasteiger partial charge in [0.25, 0.3) is 0 Å². The van der Waals surface area contributed by atoms with E-state index in [0.717, 1.165) is 42.2 Å². The van der Waals surface area contributed by atoms with Crippen LogP contribution in [0.3, 0.4) is 0 Å². The third-order valence-corrected chi connectivity index (χ3v) is 7.46. The summed E-state index contributed by atoms with van der Waals surface area (Å²) in [4.78, 5) is 32.5. The fourth-order valence-corrected chi connectivity index (χ4v) is 5.54. The van der Waals surface area contributed by atoms with Crippen molar-refractivity contribution in [3.63, 3.8) is 0 Å². The topological polar surface area (TPSA) is 94.3 Å². The van der Waals surface area contributed by atoms with Crippen LogP contribution in [0.2, 0.25) is 0 Å². The molecule has 0 radical (unpaired) electrons. The van der Waals surface area contributed by atoms with Crippen LogP contribution in [0.25, 0.3) is 11.5 Å². The van der Waals surface area contributed by atoms with E-state index in [2.05, 4.69) is 15.3 Å². The number of hydrogen-bond acceptors (Lipinski definition) is 9. The average Bonchev–Trinajstić information content (AvgIpc) is 3.54. The number of fused-ring (bicyclic) bond motifs is 1. The Morgan fingerprint density at radius 3 is 2.88 bits per heavy atom. The van der Waals surface area contributed by atoms with Crippen LogP contribution in [-0.2, 0) is 16.9 Å². The minimum absolute atomic E-state index is 0.0302. The summed E-state index contributed by atoms with van der Waals surface area (Å²) < 4.78 is 10.7. The van der Waals surface area contributed by atoms with Gasteiger partial charge >= 0.3 is 0 Å². The van der Waals surface area contributed by atoms with Crippen molar-refractivity contribution in [3.8, 4) is 11.5 Å². The third kappa shape index (κ3) is 5.28. The van der Waals surface area contributed by atoms with Gasteiger partial charge in [-0.1, -0.05) is 11.3 Å². The highest BCUT2D eigenvalue weighted by atomic mass is 32.2. The predicted molar refractivity (Wildman–Crippen MR) is 127 cm³/mol. The second kappa shape index (κ2) is 10.9. The van der Waals surface area contributed by atoms with Crippen LogP contribution in [0.15, 0.2) is 35.1 Å². The lowest BCUT2D eigenvalue weighted by Gasteiger charge is -2.20. The number of Topliss-reactive ketones (excluding diaryl/α,β-unsaturated/α-hetero) is 1. The molecule has 5 heterocycles. The minimum Gasteiger partial charge on any atom is -0.463 e. The van der Waals surface area contributed by atoms with E-state index in [0.29, 0.717) is 35.1 Å². The molecular formula is C23H25N3O4S2. The van der Waals surface area contributed by atoms with Crippen molar-refractivity contribution in [2.75, 3.05) is 31.3 Å². The lowest BCUT2D eigenvalue weighted by Crippen LogP contribution is -2.23. The smallest absolute Gasteiger partial charge is 0.183 e. The van der Waals surface area contributed by atoms with Crippen LogP contribution >= 0.6 is 23.1 Å². The van der Waals surface area contributed by atoms with Gasteiger partial charge in [0, 0.05) is 49.4 Å². The molecule has 168 valence electrons. The number of pyridine rings is 1. The molecule has 32 heavy (non-hydrogen) atoms. The van der Waals surface area contributed by atoms with Crippen molar-refractivity contribution in [3.05, 3.63) is 52.4 Å². The summed E-state index contributed by atoms with van der Waals surface area (Å²) in [6.45, 7) is 1.31. The van der Waals surface area contributed by atoms with E-state index >= 15 is 0 Å². The summed E-state index contributed by atoms with van der Waals surface area (Å²) >= 11 is 3.29. The number of nitrogens with one attached hydrogen (secondary N) is 1. The molecule has 0 aliphatic carbocycles. The summed E-state index contributed by atoms with van der Waals surface area (Å²) in [5.41, 5.74) is 3.73. The van der Waals surface area contributed by atoms with Crippen LogP contribution in [0.5, 0.6) is 0 Å². The lowest BCUT2D eigenvalue weighted by molar-refractivity contribution is 0.0547. The Balaban J connectivity index is 0.000000174. The maximum absolute atomic E-state index is 12.7. The van der Waals surface area contributed by atoms with Gasteiger partial charge in [-0.25, -0.2) is 4.98 Å². The SMILES string of the molecule is CNc1nc(-c2ccco2)c(C(=O)C2CCOCC2)s1.O=Cc1cnc2c(c1)CSCC2. The van der Waals surface area contributed by atoms with Gasteiger partial charge in [-0.05, 0) is 48.8 Å². The number of carbonyl (C=O) groups is 2. The summed E-state index contributed by atoms with van der Waals surface area (Å²) in [7, 11) is 1.80. The van der Waals surface area contributed by atoms with Crippen molar-refractivity contribution in [2.24, 2.45) is 5.92 Å². The van der Waals surface area contributed by atoms with Crippen LogP contribution in [0.1, 0.15) is 44.1 Å². The zero-order valence-electron chi connectivity index (χ0n) is 17.8. The third-order valence-electron chi connectivity index (χ3n) is 5.37. The van der Waals surface area contributed by atoms with Crippen molar-refractivity contribution in [1.82, 2.24) is 9.97 Å². The first-order chi connectivity index (χ1) is 15.7. The lowest BCUT2D eigenvalue weighted by atomic mass is 9.94. The normalized spacial score (nSPS) is 15.9. The Morgan fingerprint density at radius 2 is 2.16 bits per heavy atom. The number of anilines is 1. The number of aldehydes is 1. The number of thiazole rings is 1. The van der Waals surface area contributed by atoms with Crippen molar-refractivity contribution in [1.29, 1.82) is 0 Å². The van der Waals surface area contributed by atoms with Gasteiger partial charge in [-0.3, -0.25) is 14.6 Å². The van der Waals surface area contributed by atoms with Gasteiger partial charge in [-0.2, -0.15) is 11.8 Å². The average molecular weight is 472 g/mol. The molecule has 0 bridgehead atoms. The van der Waals surface area contributed by atoms with Crippen molar-refractivity contribution < 1.29 is 18.7 Å². The molecule has 9 heteroatoms. The number of aromatic nitrogens is 2. The Bertz CT molecular complexity index is 1060. The summed E-state index contributed by atoms with van der Waals surface area (Å²) in [6, 6.07) is 5.58. The molecule has 1 fully saturated rings. The first-order valence-corrected chi connectivity index (χ1v) is 12.5. The molecule has 0 aromatic carbocycles. The summed E-state index contributed by atoms with van der Waals surface area (Å²) in [5.74, 6) is 2.98. The Hall–Kier alpha value is -2.49. The maximum Gasteiger partial charge on any atom is 0.183 e. The van der Waals surface area contributed by atoms with Gasteiger partial charge in [0.15, 0.2) is 23.0 Å². The largest absolute Gasteiger partial charge is 0.463 e. The molecular weight excluding hydrogens is 446 g/mol. The Morgan fingerprint density at radius 1 is 1.31 bits per heavy atom. The zero-order chi connectivity index (χ0) is 22.3. The highest BCUT2D eigenvalue weighted by molar-refractivity contribution is 7.98. The van der Waals surface area contributed by atoms with Crippen LogP contribution in [0, 0.1) is 5.92 Å². The number of aryl methyl sites for hydroxylation is 1. The number of furan rings is 1. The van der Waals surface area contributed by atoms with E-state index in [1.807, 2.05) is 23.9 Å². The summed E-state index contributed by atoms with van der Waals surface area (Å²) in [5, 5.41) is 3.72. The Labute approximate surface area is 195 Å². The first-order valence-electron chi connectivity index (χ1n) is 10.5. The second-order valence-electron chi connectivity index (χ2n) is 7.47. The quantitative estimate of drug-likeness (QED) is 0.421. The highest BCUT2D eigenvalue weighted by Crippen LogP contribution is 2.34. The highest BCUT2D eigenvalue weighted by Gasteiger charge is 2.28. The maximum atomic E-state index is 12.7. The van der Waals surface area contributed by atoms with E-state index in [1.54, 1.807) is 25.6 Å². The molecule has 0 atom stereocenters. The van der Waals surface area contributed by atoms with Gasteiger partial charge in [-0.15, -0.1) is 0 Å². The number of ketones is 1. The molecule has 0 amide bonds. The van der Waals surface area contributed by atoms with Crippen molar-refractivity contribution >= 4 is 40.3 Å². The van der Waals surface area contributed by atoms with Crippen molar-refractivity contribution in [2.45, 2.75) is 25.0 Å². The number of rotatable bonds is 5. The second-order valence-corrected chi connectivity index (χ2v) is 9.57. The molecule has 1 N–H and O–H groups in total. The zero-order valence-corrected chi connectivity index (χ0v) is 19.5. The predicted octanol–water partition coefficient (Wildman–Crippen LogP) is 4.74. The number of nitrogens with zero attached hydrogens (tertiary/aromatic N) is 2. The van der Waals surface area contributed by atoms with Crippen LogP contribution < -0.4 is 5.32 Å². The van der Waals surface area contributed by atoms with E-state index in [1.165, 1.54) is 22.6 Å². The summed E-state index contributed by atoms with van der Waals surface area (Å²) in [6.07, 6.45) is 6.70. The van der Waals surface area contributed by atoms with E-state index in [9.17, 15) is 9.59 Å². The monoisotopic (exact) mass is 471 g/mol. The van der Waals surface area contributed by atoms with E-state index in [-0.39, 0.29) is 11.7 Å². The first kappa shape index (κ1) is 22.7. The van der Waals surface area contributed by atoms with Gasteiger partial charge in [0.05, 0.1) is 6.26 Å². The standard InChI is InChI=1S/C14H16N2O3S.C9H9NOS/c1-15-14-16-11(10-3-2-6-19-10)13(20-14)12(17)9-4-7-18-8-5-9;11-5-7-3-8-6-12-2-1-9(8)10-4-7/h2-3,6,9H,4-5,7-8H2,1H3,(H,15,16);3-5H,1-2,6H2. The molecule has 2 aliphatic heterocycles. The van der Waals surface area contributed by atoms with Gasteiger partial charge in [0.1, 0.15) is 10.6 Å². The molecule has 3 aromatic heterocycles. The van der Waals surface area contributed by atoms with Crippen LogP contribution in [-0.4, -0.2) is 48.1 Å². The van der Waals surface area contributed by atoms with E-state index in [4.69, 9.17) is 9.15 Å². The Kier molecular flexibility index (Phi) is 7.72.